The van der Waals surface area contributed by atoms with E-state index in [2.05, 4.69) is 16.4 Å². The summed E-state index contributed by atoms with van der Waals surface area (Å²) in [6.07, 6.45) is 3.94. The monoisotopic (exact) mass is 258 g/mol. The van der Waals surface area contributed by atoms with Crippen LogP contribution in [0.3, 0.4) is 0 Å². The van der Waals surface area contributed by atoms with Crippen molar-refractivity contribution < 1.29 is 4.74 Å². The molecule has 17 heavy (non-hydrogen) atoms. The van der Waals surface area contributed by atoms with Gasteiger partial charge in [-0.15, -0.1) is 0 Å². The lowest BCUT2D eigenvalue weighted by Crippen LogP contribution is -2.49. The molecule has 2 aliphatic rings. The summed E-state index contributed by atoms with van der Waals surface area (Å²) in [6.45, 7) is 10.9. The molecule has 0 aliphatic carbocycles. The van der Waals surface area contributed by atoms with Gasteiger partial charge in [-0.25, -0.2) is 0 Å². The molecule has 0 radical (unpaired) electrons. The smallest absolute Gasteiger partial charge is 0.0594 e. The zero-order chi connectivity index (χ0) is 12.1. The van der Waals surface area contributed by atoms with E-state index in [1.807, 2.05) is 0 Å². The molecule has 0 bridgehead atoms. The van der Waals surface area contributed by atoms with Gasteiger partial charge in [0.25, 0.3) is 0 Å². The summed E-state index contributed by atoms with van der Waals surface area (Å²) in [4.78, 5) is 5.01. The molecular weight excluding hydrogens is 236 g/mol. The van der Waals surface area contributed by atoms with Crippen molar-refractivity contribution in [3.63, 3.8) is 0 Å². The van der Waals surface area contributed by atoms with Crippen LogP contribution in [0.2, 0.25) is 0 Å². The number of nitrogens with zero attached hydrogens (tertiary/aromatic N) is 2. The number of likely N-dealkylation sites (tertiary alicyclic amines) is 1. The van der Waals surface area contributed by atoms with E-state index in [9.17, 15) is 0 Å². The standard InChI is InChI=1S/C13H23ClN2O/c1-12(14)10-16-5-3-2-4-13(16)11-15-6-8-17-9-7-15/h13H,1-11H2/t13-/m1/s1. The van der Waals surface area contributed by atoms with E-state index in [-0.39, 0.29) is 0 Å². The third-order valence-electron chi connectivity index (χ3n) is 3.70. The molecule has 0 aromatic carbocycles. The SMILES string of the molecule is C=C(Cl)CN1CCCC[C@@H]1CN1CCOCC1. The predicted octanol–water partition coefficient (Wildman–Crippen LogP) is 1.93. The van der Waals surface area contributed by atoms with Crippen molar-refractivity contribution in [2.75, 3.05) is 45.9 Å². The summed E-state index contributed by atoms with van der Waals surface area (Å²) < 4.78 is 5.39. The van der Waals surface area contributed by atoms with E-state index < -0.39 is 0 Å². The predicted molar refractivity (Wildman–Crippen MR) is 71.5 cm³/mol. The van der Waals surface area contributed by atoms with Gasteiger partial charge >= 0.3 is 0 Å². The first-order valence-electron chi connectivity index (χ1n) is 6.63. The van der Waals surface area contributed by atoms with Crippen LogP contribution in [0.1, 0.15) is 19.3 Å². The number of hydrogen-bond acceptors (Lipinski definition) is 3. The van der Waals surface area contributed by atoms with E-state index in [4.69, 9.17) is 16.3 Å². The number of rotatable bonds is 4. The van der Waals surface area contributed by atoms with Crippen molar-refractivity contribution in [1.82, 2.24) is 9.80 Å². The zero-order valence-electron chi connectivity index (χ0n) is 10.5. The van der Waals surface area contributed by atoms with E-state index in [0.29, 0.717) is 6.04 Å². The lowest BCUT2D eigenvalue weighted by Gasteiger charge is -2.39. The second kappa shape index (κ2) is 6.74. The number of piperidine rings is 1. The van der Waals surface area contributed by atoms with Crippen molar-refractivity contribution in [2.45, 2.75) is 25.3 Å². The van der Waals surface area contributed by atoms with E-state index >= 15 is 0 Å². The number of ether oxygens (including phenoxy) is 1. The Morgan fingerprint density at radius 3 is 2.71 bits per heavy atom. The topological polar surface area (TPSA) is 15.7 Å². The van der Waals surface area contributed by atoms with Crippen LogP contribution in [-0.4, -0.2) is 61.8 Å². The molecule has 0 amide bonds. The van der Waals surface area contributed by atoms with Crippen molar-refractivity contribution in [2.24, 2.45) is 0 Å². The summed E-state index contributed by atoms with van der Waals surface area (Å²) in [5, 5.41) is 0.763. The number of hydrogen-bond donors (Lipinski definition) is 0. The maximum Gasteiger partial charge on any atom is 0.0594 e. The van der Waals surface area contributed by atoms with E-state index in [0.717, 1.165) is 44.4 Å². The highest BCUT2D eigenvalue weighted by atomic mass is 35.5. The van der Waals surface area contributed by atoms with Crippen LogP contribution >= 0.6 is 11.6 Å². The van der Waals surface area contributed by atoms with Crippen molar-refractivity contribution >= 4 is 11.6 Å². The van der Waals surface area contributed by atoms with Crippen LogP contribution in [0.25, 0.3) is 0 Å². The Bertz CT molecular complexity index is 254. The maximum atomic E-state index is 5.95. The lowest BCUT2D eigenvalue weighted by molar-refractivity contribution is 0.0184. The molecule has 2 aliphatic heterocycles. The Hall–Kier alpha value is -0.0900. The van der Waals surface area contributed by atoms with Gasteiger partial charge in [0.1, 0.15) is 0 Å². The summed E-state index contributed by atoms with van der Waals surface area (Å²) in [6, 6.07) is 0.650. The molecule has 0 saturated carbocycles. The molecule has 4 heteroatoms. The highest BCUT2D eigenvalue weighted by Crippen LogP contribution is 2.20. The Morgan fingerprint density at radius 1 is 1.24 bits per heavy atom. The number of morpholine rings is 1. The molecule has 3 nitrogen and oxygen atoms in total. The van der Waals surface area contributed by atoms with Crippen LogP contribution in [0.4, 0.5) is 0 Å². The fourth-order valence-corrected chi connectivity index (χ4v) is 2.93. The second-order valence-corrected chi connectivity index (χ2v) is 5.58. The maximum absolute atomic E-state index is 5.95. The average Bonchev–Trinajstić information content (AvgIpc) is 2.32. The molecule has 0 aromatic rings. The first kappa shape index (κ1) is 13.3. The van der Waals surface area contributed by atoms with Gasteiger partial charge in [0.15, 0.2) is 0 Å². The Balaban J connectivity index is 1.84. The van der Waals surface area contributed by atoms with Crippen molar-refractivity contribution in [1.29, 1.82) is 0 Å². The molecular formula is C13H23ClN2O. The first-order valence-corrected chi connectivity index (χ1v) is 7.01. The van der Waals surface area contributed by atoms with Gasteiger partial charge in [0.05, 0.1) is 13.2 Å². The molecule has 1 atom stereocenters. The van der Waals surface area contributed by atoms with Gasteiger partial charge in [-0.05, 0) is 19.4 Å². The first-order chi connectivity index (χ1) is 8.25. The van der Waals surface area contributed by atoms with Gasteiger partial charge in [-0.1, -0.05) is 24.6 Å². The Labute approximate surface area is 109 Å². The van der Waals surface area contributed by atoms with Crippen molar-refractivity contribution in [3.05, 3.63) is 11.6 Å². The summed E-state index contributed by atoms with van der Waals surface area (Å²) in [7, 11) is 0. The molecule has 0 N–H and O–H groups in total. The minimum absolute atomic E-state index is 0.650. The largest absolute Gasteiger partial charge is 0.379 e. The fourth-order valence-electron chi connectivity index (χ4n) is 2.78. The van der Waals surface area contributed by atoms with Gasteiger partial charge in [0.2, 0.25) is 0 Å². The van der Waals surface area contributed by atoms with E-state index in [1.54, 1.807) is 0 Å². The van der Waals surface area contributed by atoms with Gasteiger partial charge in [0, 0.05) is 37.3 Å². The molecule has 2 heterocycles. The van der Waals surface area contributed by atoms with Crippen LogP contribution < -0.4 is 0 Å². The summed E-state index contributed by atoms with van der Waals surface area (Å²) in [5.41, 5.74) is 0. The molecule has 2 fully saturated rings. The number of halogens is 1. The molecule has 0 spiro atoms. The molecule has 0 aromatic heterocycles. The van der Waals surface area contributed by atoms with Crippen LogP contribution in [0.5, 0.6) is 0 Å². The Kier molecular flexibility index (Phi) is 5.29. The fraction of sp³-hybridized carbons (Fsp3) is 0.846. The molecule has 2 saturated heterocycles. The molecule has 0 unspecified atom stereocenters. The zero-order valence-corrected chi connectivity index (χ0v) is 11.3. The normalized spacial score (nSPS) is 28.2. The second-order valence-electron chi connectivity index (χ2n) is 5.05. The van der Waals surface area contributed by atoms with Gasteiger partial charge in [-0.3, -0.25) is 9.80 Å². The van der Waals surface area contributed by atoms with Crippen molar-refractivity contribution in [3.8, 4) is 0 Å². The Morgan fingerprint density at radius 2 is 2.00 bits per heavy atom. The highest BCUT2D eigenvalue weighted by molar-refractivity contribution is 6.29. The van der Waals surface area contributed by atoms with Crippen LogP contribution in [0, 0.1) is 0 Å². The van der Waals surface area contributed by atoms with Crippen LogP contribution in [-0.2, 0) is 4.74 Å². The highest BCUT2D eigenvalue weighted by Gasteiger charge is 2.25. The molecule has 98 valence electrons. The minimum atomic E-state index is 0.650. The third kappa shape index (κ3) is 4.25. The lowest BCUT2D eigenvalue weighted by atomic mass is 10.0. The average molecular weight is 259 g/mol. The van der Waals surface area contributed by atoms with Crippen LogP contribution in [0.15, 0.2) is 11.6 Å². The minimum Gasteiger partial charge on any atom is -0.379 e. The molecule has 2 rings (SSSR count). The quantitative estimate of drug-likeness (QED) is 0.766. The summed E-state index contributed by atoms with van der Waals surface area (Å²) in [5.74, 6) is 0. The third-order valence-corrected chi connectivity index (χ3v) is 3.82. The summed E-state index contributed by atoms with van der Waals surface area (Å²) >= 11 is 5.95. The van der Waals surface area contributed by atoms with Gasteiger partial charge in [-0.2, -0.15) is 0 Å². The van der Waals surface area contributed by atoms with Gasteiger partial charge < -0.3 is 4.74 Å². The van der Waals surface area contributed by atoms with E-state index in [1.165, 1.54) is 25.8 Å².